The number of halogens is 2. The third-order valence-electron chi connectivity index (χ3n) is 7.44. The third kappa shape index (κ3) is 5.88. The molecule has 3 aromatic carbocycles. The number of aryl methyl sites for hydroxylation is 4. The van der Waals surface area contributed by atoms with Gasteiger partial charge in [0.25, 0.3) is 0 Å². The van der Waals surface area contributed by atoms with Crippen LogP contribution in [0.3, 0.4) is 0 Å². The van der Waals surface area contributed by atoms with Gasteiger partial charge >= 0.3 is 0 Å². The van der Waals surface area contributed by atoms with E-state index in [0.717, 1.165) is 22.3 Å². The molecule has 0 heterocycles. The minimum absolute atomic E-state index is 0.201. The summed E-state index contributed by atoms with van der Waals surface area (Å²) < 4.78 is 0. The Morgan fingerprint density at radius 1 is 0.846 bits per heavy atom. The van der Waals surface area contributed by atoms with Crippen molar-refractivity contribution in [3.05, 3.63) is 92.5 Å². The van der Waals surface area contributed by atoms with E-state index in [0.29, 0.717) is 11.4 Å². The van der Waals surface area contributed by atoms with Crippen molar-refractivity contribution in [1.82, 2.24) is 0 Å². The number of aliphatic hydroxyl groups is 1. The average Bonchev–Trinajstić information content (AvgIpc) is 2.81. The van der Waals surface area contributed by atoms with Crippen LogP contribution in [0.5, 0.6) is 0 Å². The van der Waals surface area contributed by atoms with E-state index in [-0.39, 0.29) is 22.0 Å². The summed E-state index contributed by atoms with van der Waals surface area (Å²) in [6, 6.07) is 16.0. The number of hydrogen-bond donors (Lipinski definition) is 3. The van der Waals surface area contributed by atoms with Gasteiger partial charge in [-0.05, 0) is 75.6 Å². The highest BCUT2D eigenvalue weighted by Gasteiger charge is 2.56. The van der Waals surface area contributed by atoms with Gasteiger partial charge in [0.1, 0.15) is 11.7 Å². The number of carbonyl (C=O) groups is 3. The van der Waals surface area contributed by atoms with Gasteiger partial charge in [-0.3, -0.25) is 14.4 Å². The molecule has 4 unspecified atom stereocenters. The number of amides is 2. The highest BCUT2D eigenvalue weighted by Crippen LogP contribution is 2.50. The zero-order valence-electron chi connectivity index (χ0n) is 22.6. The monoisotopic (exact) mass is 566 g/mol. The Morgan fingerprint density at radius 2 is 1.33 bits per heavy atom. The molecule has 8 heteroatoms. The van der Waals surface area contributed by atoms with Gasteiger partial charge in [0, 0.05) is 33.8 Å². The molecule has 1 aliphatic carbocycles. The molecule has 4 atom stereocenters. The summed E-state index contributed by atoms with van der Waals surface area (Å²) in [5.74, 6) is -5.29. The molecular formula is C31H32Cl2N2O4. The van der Waals surface area contributed by atoms with Gasteiger partial charge in [0.05, 0.1) is 11.5 Å². The van der Waals surface area contributed by atoms with E-state index < -0.39 is 41.0 Å². The smallest absolute Gasteiger partial charge is 0.235 e. The largest absolute Gasteiger partial charge is 0.389 e. The van der Waals surface area contributed by atoms with E-state index in [1.165, 1.54) is 6.92 Å². The first-order chi connectivity index (χ1) is 18.3. The van der Waals surface area contributed by atoms with Gasteiger partial charge in [0.2, 0.25) is 11.8 Å². The normalized spacial score (nSPS) is 22.9. The maximum atomic E-state index is 14.0. The molecule has 3 aromatic rings. The number of benzene rings is 3. The zero-order valence-corrected chi connectivity index (χ0v) is 24.1. The average molecular weight is 568 g/mol. The van der Waals surface area contributed by atoms with Crippen LogP contribution in [0.4, 0.5) is 11.4 Å². The molecule has 204 valence electrons. The third-order valence-corrected chi connectivity index (χ3v) is 8.10. The van der Waals surface area contributed by atoms with Crippen molar-refractivity contribution in [2.75, 3.05) is 10.6 Å². The number of nitrogens with one attached hydrogen (secondary N) is 2. The molecule has 6 nitrogen and oxygen atoms in total. The van der Waals surface area contributed by atoms with Crippen LogP contribution >= 0.6 is 23.2 Å². The van der Waals surface area contributed by atoms with Gasteiger partial charge in [-0.1, -0.05) is 64.7 Å². The molecule has 2 amide bonds. The maximum absolute atomic E-state index is 14.0. The van der Waals surface area contributed by atoms with E-state index in [9.17, 15) is 19.5 Å². The topological polar surface area (TPSA) is 95.5 Å². The van der Waals surface area contributed by atoms with Crippen LogP contribution in [-0.4, -0.2) is 28.3 Å². The second-order valence-corrected chi connectivity index (χ2v) is 11.5. The molecule has 39 heavy (non-hydrogen) atoms. The summed E-state index contributed by atoms with van der Waals surface area (Å²) in [7, 11) is 0. The van der Waals surface area contributed by atoms with Crippen molar-refractivity contribution in [3.63, 3.8) is 0 Å². The van der Waals surface area contributed by atoms with Gasteiger partial charge in [-0.25, -0.2) is 0 Å². The highest BCUT2D eigenvalue weighted by atomic mass is 35.5. The fourth-order valence-electron chi connectivity index (χ4n) is 5.60. The SMILES string of the molecule is Cc1ccc(NC(=O)C2C(=O)CC(C)(O)C(C(=O)Nc3ccc(C)cc3C)C2c2c(Cl)cccc2Cl)c(C)c1. The Labute approximate surface area is 238 Å². The predicted molar refractivity (Wildman–Crippen MR) is 156 cm³/mol. The quantitative estimate of drug-likeness (QED) is 0.305. The van der Waals surface area contributed by atoms with Crippen molar-refractivity contribution < 1.29 is 19.5 Å². The minimum Gasteiger partial charge on any atom is -0.389 e. The number of hydrogen-bond acceptors (Lipinski definition) is 4. The van der Waals surface area contributed by atoms with Crippen molar-refractivity contribution in [2.24, 2.45) is 11.8 Å². The molecule has 0 spiro atoms. The van der Waals surface area contributed by atoms with Crippen molar-refractivity contribution in [3.8, 4) is 0 Å². The van der Waals surface area contributed by atoms with Crippen molar-refractivity contribution in [1.29, 1.82) is 0 Å². The lowest BCUT2D eigenvalue weighted by Gasteiger charge is -2.45. The molecule has 3 N–H and O–H groups in total. The van der Waals surface area contributed by atoms with Crippen LogP contribution in [-0.2, 0) is 14.4 Å². The zero-order chi connectivity index (χ0) is 28.6. The predicted octanol–water partition coefficient (Wildman–Crippen LogP) is 6.54. The van der Waals surface area contributed by atoms with Crippen molar-refractivity contribution >= 4 is 52.2 Å². The Hall–Kier alpha value is -3.19. The molecule has 0 radical (unpaired) electrons. The molecule has 4 rings (SSSR count). The van der Waals surface area contributed by atoms with Crippen LogP contribution in [0.1, 0.15) is 47.1 Å². The summed E-state index contributed by atoms with van der Waals surface area (Å²) in [6.07, 6.45) is -0.387. The maximum Gasteiger partial charge on any atom is 0.235 e. The molecule has 0 aromatic heterocycles. The van der Waals surface area contributed by atoms with E-state index in [2.05, 4.69) is 10.6 Å². The number of rotatable bonds is 5. The first-order valence-corrected chi connectivity index (χ1v) is 13.5. The van der Waals surface area contributed by atoms with Gasteiger partial charge < -0.3 is 15.7 Å². The second kappa shape index (κ2) is 11.1. The first-order valence-electron chi connectivity index (χ1n) is 12.8. The molecule has 1 saturated carbocycles. The van der Waals surface area contributed by atoms with Crippen LogP contribution in [0.15, 0.2) is 54.6 Å². The Morgan fingerprint density at radius 3 is 1.82 bits per heavy atom. The van der Waals surface area contributed by atoms with E-state index in [1.54, 1.807) is 30.3 Å². The summed E-state index contributed by atoms with van der Waals surface area (Å²) in [6.45, 7) is 9.06. The van der Waals surface area contributed by atoms with Gasteiger partial charge in [-0.15, -0.1) is 0 Å². The summed E-state index contributed by atoms with van der Waals surface area (Å²) in [4.78, 5) is 41.3. The van der Waals surface area contributed by atoms with Crippen LogP contribution < -0.4 is 10.6 Å². The lowest BCUT2D eigenvalue weighted by atomic mass is 9.61. The van der Waals surface area contributed by atoms with E-state index in [4.69, 9.17) is 23.2 Å². The number of ketones is 1. The summed E-state index contributed by atoms with van der Waals surface area (Å²) in [5.41, 5.74) is 3.35. The highest BCUT2D eigenvalue weighted by molar-refractivity contribution is 6.36. The van der Waals surface area contributed by atoms with Gasteiger partial charge in [0.15, 0.2) is 0 Å². The number of anilines is 2. The van der Waals surface area contributed by atoms with E-state index >= 15 is 0 Å². The Bertz CT molecular complexity index is 1450. The molecule has 1 fully saturated rings. The molecule has 0 bridgehead atoms. The molecule has 1 aliphatic rings. The molecule has 0 aliphatic heterocycles. The van der Waals surface area contributed by atoms with Crippen LogP contribution in [0.2, 0.25) is 10.0 Å². The Kier molecular flexibility index (Phi) is 8.22. The minimum atomic E-state index is -1.77. The summed E-state index contributed by atoms with van der Waals surface area (Å²) in [5, 5.41) is 17.7. The Balaban J connectivity index is 1.83. The van der Waals surface area contributed by atoms with E-state index in [1.807, 2.05) is 52.0 Å². The lowest BCUT2D eigenvalue weighted by Crippen LogP contribution is -2.56. The second-order valence-electron chi connectivity index (χ2n) is 10.7. The van der Waals surface area contributed by atoms with Crippen LogP contribution in [0, 0.1) is 39.5 Å². The standard InChI is InChI=1S/C31H32Cl2N2O4/c1-16-9-11-22(18(3)13-16)34-29(37)26-24(36)15-31(5,39)28(27(26)25-20(32)7-6-8-21(25)33)30(38)35-23-12-10-17(2)14-19(23)4/h6-14,26-28,39H,15H2,1-5H3,(H,34,37)(H,35,38). The molecular weight excluding hydrogens is 535 g/mol. The van der Waals surface area contributed by atoms with Crippen molar-refractivity contribution in [2.45, 2.75) is 52.6 Å². The molecule has 0 saturated heterocycles. The number of Topliss-reactive ketones (excluding diaryl/α,β-unsaturated/α-hetero) is 1. The fourth-order valence-corrected chi connectivity index (χ4v) is 6.25. The summed E-state index contributed by atoms with van der Waals surface area (Å²) >= 11 is 13.2. The van der Waals surface area contributed by atoms with Crippen LogP contribution in [0.25, 0.3) is 0 Å². The lowest BCUT2D eigenvalue weighted by molar-refractivity contribution is -0.150. The number of carbonyl (C=O) groups excluding carboxylic acids is 3. The fraction of sp³-hybridized carbons (Fsp3) is 0.323. The van der Waals surface area contributed by atoms with Gasteiger partial charge in [-0.2, -0.15) is 0 Å². The first kappa shape index (κ1) is 28.8.